The predicted octanol–water partition coefficient (Wildman–Crippen LogP) is 3.80. The van der Waals surface area contributed by atoms with E-state index in [1.165, 1.54) is 0 Å². The van der Waals surface area contributed by atoms with E-state index in [4.69, 9.17) is 9.15 Å². The molecule has 5 heteroatoms. The molecule has 1 aromatic heterocycles. The van der Waals surface area contributed by atoms with Gasteiger partial charge in [-0.25, -0.2) is 0 Å². The van der Waals surface area contributed by atoms with Gasteiger partial charge in [-0.1, -0.05) is 30.3 Å². The molecule has 0 N–H and O–H groups in total. The number of esters is 1. The van der Waals surface area contributed by atoms with E-state index in [1.807, 2.05) is 56.3 Å². The van der Waals surface area contributed by atoms with Crippen molar-refractivity contribution in [3.8, 4) is 0 Å². The molecule has 0 radical (unpaired) electrons. The van der Waals surface area contributed by atoms with Crippen LogP contribution in [0.3, 0.4) is 0 Å². The number of anilines is 1. The lowest BCUT2D eigenvalue weighted by molar-refractivity contribution is -0.147. The van der Waals surface area contributed by atoms with Gasteiger partial charge in [-0.05, 0) is 43.5 Å². The zero-order valence-electron chi connectivity index (χ0n) is 15.4. The molecule has 4 rings (SSSR count). The van der Waals surface area contributed by atoms with Crippen molar-refractivity contribution in [1.82, 2.24) is 0 Å². The lowest BCUT2D eigenvalue weighted by atomic mass is 10.1. The molecular weight excluding hydrogens is 342 g/mol. The van der Waals surface area contributed by atoms with Gasteiger partial charge >= 0.3 is 5.97 Å². The van der Waals surface area contributed by atoms with Crippen LogP contribution in [0.25, 0.3) is 11.0 Å². The number of hydrogen-bond acceptors (Lipinski definition) is 4. The molecule has 0 saturated carbocycles. The molecule has 0 bridgehead atoms. The first-order valence-electron chi connectivity index (χ1n) is 9.05. The molecule has 1 aliphatic rings. The van der Waals surface area contributed by atoms with Gasteiger partial charge in [-0.2, -0.15) is 0 Å². The van der Waals surface area contributed by atoms with Crippen LogP contribution in [0.5, 0.6) is 0 Å². The summed E-state index contributed by atoms with van der Waals surface area (Å²) >= 11 is 0. The number of amides is 1. The van der Waals surface area contributed by atoms with Crippen molar-refractivity contribution >= 4 is 28.5 Å². The van der Waals surface area contributed by atoms with Gasteiger partial charge in [0.1, 0.15) is 5.58 Å². The monoisotopic (exact) mass is 363 g/mol. The number of carbonyl (C=O) groups excluding carboxylic acids is 2. The molecule has 138 valence electrons. The molecule has 0 aliphatic carbocycles. The molecule has 3 aromatic rings. The minimum Gasteiger partial charge on any atom is -0.464 e. The van der Waals surface area contributed by atoms with Gasteiger partial charge in [0.15, 0.2) is 6.61 Å². The molecule has 0 unspecified atom stereocenters. The fraction of sp³-hybridized carbons (Fsp3) is 0.273. The summed E-state index contributed by atoms with van der Waals surface area (Å²) in [5.74, 6) is -0.639. The number of ether oxygens (including phenoxy) is 1. The van der Waals surface area contributed by atoms with Crippen molar-refractivity contribution in [1.29, 1.82) is 0 Å². The Morgan fingerprint density at radius 2 is 2.04 bits per heavy atom. The highest BCUT2D eigenvalue weighted by Crippen LogP contribution is 2.31. The van der Waals surface area contributed by atoms with Crippen LogP contribution in [0.4, 0.5) is 5.69 Å². The van der Waals surface area contributed by atoms with E-state index in [1.54, 1.807) is 11.2 Å². The largest absolute Gasteiger partial charge is 0.464 e. The number of fused-ring (bicyclic) bond motifs is 2. The summed E-state index contributed by atoms with van der Waals surface area (Å²) in [7, 11) is 0. The van der Waals surface area contributed by atoms with Crippen molar-refractivity contribution in [2.75, 3.05) is 11.5 Å². The van der Waals surface area contributed by atoms with Crippen molar-refractivity contribution in [2.45, 2.75) is 32.7 Å². The minimum atomic E-state index is -0.438. The van der Waals surface area contributed by atoms with Crippen LogP contribution < -0.4 is 4.90 Å². The standard InChI is InChI=1S/C22H21NO4/c1-14-7-8-18-17(12-26-20(18)9-14)11-22(25)27-13-21(24)23-15(2)10-16-5-3-4-6-19(16)23/h3-9,12,15H,10-11,13H2,1-2H3/t15-/m1/s1. The zero-order chi connectivity index (χ0) is 19.0. The van der Waals surface area contributed by atoms with Crippen LogP contribution in [0, 0.1) is 6.92 Å². The maximum absolute atomic E-state index is 12.6. The molecule has 2 aromatic carbocycles. The maximum Gasteiger partial charge on any atom is 0.310 e. The second-order valence-corrected chi connectivity index (χ2v) is 7.04. The average molecular weight is 363 g/mol. The highest BCUT2D eigenvalue weighted by molar-refractivity contribution is 5.98. The average Bonchev–Trinajstić information content (AvgIpc) is 3.19. The lowest BCUT2D eigenvalue weighted by Gasteiger charge is -2.22. The number of para-hydroxylation sites is 1. The van der Waals surface area contributed by atoms with Crippen molar-refractivity contribution in [3.05, 3.63) is 65.4 Å². The summed E-state index contributed by atoms with van der Waals surface area (Å²) in [5.41, 5.74) is 4.65. The molecule has 1 aliphatic heterocycles. The van der Waals surface area contributed by atoms with Crippen LogP contribution in [0.15, 0.2) is 53.1 Å². The molecule has 1 amide bonds. The van der Waals surface area contributed by atoms with Gasteiger partial charge in [0, 0.05) is 22.7 Å². The van der Waals surface area contributed by atoms with Crippen molar-refractivity contribution in [3.63, 3.8) is 0 Å². The summed E-state index contributed by atoms with van der Waals surface area (Å²) in [5, 5.41) is 0.894. The first kappa shape index (κ1) is 17.3. The van der Waals surface area contributed by atoms with E-state index in [9.17, 15) is 9.59 Å². The number of furan rings is 1. The SMILES string of the molecule is Cc1ccc2c(CC(=O)OCC(=O)N3c4ccccc4C[C@H]3C)coc2c1. The quantitative estimate of drug-likeness (QED) is 0.662. The fourth-order valence-electron chi connectivity index (χ4n) is 3.69. The maximum atomic E-state index is 12.6. The molecule has 0 saturated heterocycles. The van der Waals surface area contributed by atoms with E-state index in [0.717, 1.165) is 39.8 Å². The van der Waals surface area contributed by atoms with Crippen LogP contribution in [-0.4, -0.2) is 24.5 Å². The summed E-state index contributed by atoms with van der Waals surface area (Å²) in [6.07, 6.45) is 2.47. The highest BCUT2D eigenvalue weighted by atomic mass is 16.5. The normalized spacial score (nSPS) is 15.8. The third-order valence-corrected chi connectivity index (χ3v) is 4.98. The van der Waals surface area contributed by atoms with Crippen molar-refractivity contribution < 1.29 is 18.7 Å². The predicted molar refractivity (Wildman–Crippen MR) is 103 cm³/mol. The number of benzene rings is 2. The van der Waals surface area contributed by atoms with Gasteiger partial charge < -0.3 is 14.1 Å². The molecule has 1 atom stereocenters. The highest BCUT2D eigenvalue weighted by Gasteiger charge is 2.31. The Balaban J connectivity index is 1.40. The minimum absolute atomic E-state index is 0.0645. The first-order chi connectivity index (χ1) is 13.0. The zero-order valence-corrected chi connectivity index (χ0v) is 15.4. The molecule has 0 fully saturated rings. The van der Waals surface area contributed by atoms with E-state index in [0.29, 0.717) is 0 Å². The van der Waals surface area contributed by atoms with Crippen LogP contribution >= 0.6 is 0 Å². The van der Waals surface area contributed by atoms with Gasteiger partial charge in [0.2, 0.25) is 0 Å². The van der Waals surface area contributed by atoms with Crippen LogP contribution in [0.1, 0.15) is 23.6 Å². The second-order valence-electron chi connectivity index (χ2n) is 7.04. The molecule has 5 nitrogen and oxygen atoms in total. The third-order valence-electron chi connectivity index (χ3n) is 4.98. The fourth-order valence-corrected chi connectivity index (χ4v) is 3.69. The number of hydrogen-bond donors (Lipinski definition) is 0. The number of nitrogens with zero attached hydrogens (tertiary/aromatic N) is 1. The van der Waals surface area contributed by atoms with E-state index in [-0.39, 0.29) is 25.0 Å². The molecule has 27 heavy (non-hydrogen) atoms. The Morgan fingerprint density at radius 1 is 1.22 bits per heavy atom. The third kappa shape index (κ3) is 3.33. The van der Waals surface area contributed by atoms with Gasteiger partial charge in [0.25, 0.3) is 5.91 Å². The Bertz CT molecular complexity index is 1020. The molecule has 0 spiro atoms. The summed E-state index contributed by atoms with van der Waals surface area (Å²) in [6.45, 7) is 3.73. The van der Waals surface area contributed by atoms with E-state index in [2.05, 4.69) is 0 Å². The molecular formula is C22H21NO4. The second kappa shape index (κ2) is 6.91. The van der Waals surface area contributed by atoms with Crippen molar-refractivity contribution in [2.24, 2.45) is 0 Å². The Morgan fingerprint density at radius 3 is 2.89 bits per heavy atom. The topological polar surface area (TPSA) is 59.8 Å². The number of aryl methyl sites for hydroxylation is 1. The summed E-state index contributed by atoms with van der Waals surface area (Å²) < 4.78 is 10.8. The first-order valence-corrected chi connectivity index (χ1v) is 9.05. The van der Waals surface area contributed by atoms with Crippen LogP contribution in [-0.2, 0) is 27.2 Å². The smallest absolute Gasteiger partial charge is 0.310 e. The van der Waals surface area contributed by atoms with E-state index < -0.39 is 5.97 Å². The lowest BCUT2D eigenvalue weighted by Crippen LogP contribution is -2.38. The van der Waals surface area contributed by atoms with Gasteiger partial charge in [-0.15, -0.1) is 0 Å². The van der Waals surface area contributed by atoms with Crippen LogP contribution in [0.2, 0.25) is 0 Å². The Hall–Kier alpha value is -3.08. The number of carbonyl (C=O) groups is 2. The molecule has 2 heterocycles. The van der Waals surface area contributed by atoms with E-state index >= 15 is 0 Å². The van der Waals surface area contributed by atoms with Gasteiger partial charge in [0.05, 0.1) is 12.7 Å². The Labute approximate surface area is 157 Å². The summed E-state index contributed by atoms with van der Waals surface area (Å²) in [6, 6.07) is 13.7. The summed E-state index contributed by atoms with van der Waals surface area (Å²) in [4.78, 5) is 26.6. The number of rotatable bonds is 4. The Kier molecular flexibility index (Phi) is 4.44. The van der Waals surface area contributed by atoms with Gasteiger partial charge in [-0.3, -0.25) is 9.59 Å².